The predicted octanol–water partition coefficient (Wildman–Crippen LogP) is 2.66. The fraction of sp³-hybridized carbons (Fsp3) is 0.476. The van der Waals surface area contributed by atoms with Crippen LogP contribution in [-0.4, -0.2) is 25.2 Å². The lowest BCUT2D eigenvalue weighted by atomic mass is 10.1. The first-order valence-electron chi connectivity index (χ1n) is 9.99. The number of aromatic nitrogens is 4. The third kappa shape index (κ3) is 2.85. The van der Waals surface area contributed by atoms with Gasteiger partial charge in [-0.15, -0.1) is 0 Å². The summed E-state index contributed by atoms with van der Waals surface area (Å²) in [5.74, 6) is 0.945. The number of fused-ring (bicyclic) bond motifs is 3. The van der Waals surface area contributed by atoms with Crippen molar-refractivity contribution in [3.05, 3.63) is 50.7 Å². The van der Waals surface area contributed by atoms with E-state index in [1.807, 2.05) is 18.4 Å². The van der Waals surface area contributed by atoms with E-state index >= 15 is 0 Å². The van der Waals surface area contributed by atoms with Crippen LogP contribution in [0, 0.1) is 5.92 Å². The van der Waals surface area contributed by atoms with Crippen LogP contribution in [0.3, 0.4) is 0 Å². The molecule has 0 saturated heterocycles. The molecule has 7 heteroatoms. The summed E-state index contributed by atoms with van der Waals surface area (Å²) in [4.78, 5) is 32.8. The summed E-state index contributed by atoms with van der Waals surface area (Å²) in [6, 6.07) is 8.46. The van der Waals surface area contributed by atoms with E-state index in [-0.39, 0.29) is 17.2 Å². The predicted molar refractivity (Wildman–Crippen MR) is 112 cm³/mol. The van der Waals surface area contributed by atoms with Crippen LogP contribution in [0.2, 0.25) is 0 Å². The van der Waals surface area contributed by atoms with Gasteiger partial charge in [-0.3, -0.25) is 13.9 Å². The monoisotopic (exact) mass is 381 g/mol. The van der Waals surface area contributed by atoms with Crippen molar-refractivity contribution in [2.45, 2.75) is 46.7 Å². The first-order chi connectivity index (χ1) is 13.4. The van der Waals surface area contributed by atoms with Crippen molar-refractivity contribution in [3.63, 3.8) is 0 Å². The lowest BCUT2D eigenvalue weighted by Gasteiger charge is -2.29. The largest absolute Gasteiger partial charge is 0.332 e. The second kappa shape index (κ2) is 6.96. The van der Waals surface area contributed by atoms with Crippen LogP contribution < -0.4 is 16.1 Å². The summed E-state index contributed by atoms with van der Waals surface area (Å²) >= 11 is 0. The second-order valence-electron chi connectivity index (χ2n) is 7.91. The Bertz CT molecular complexity index is 1130. The topological polar surface area (TPSA) is 65.1 Å². The van der Waals surface area contributed by atoms with Gasteiger partial charge in [-0.1, -0.05) is 32.9 Å². The number of rotatable bonds is 4. The van der Waals surface area contributed by atoms with Crippen LogP contribution in [0.1, 0.15) is 32.8 Å². The van der Waals surface area contributed by atoms with Gasteiger partial charge in [0.25, 0.3) is 5.56 Å². The first kappa shape index (κ1) is 18.5. The highest BCUT2D eigenvalue weighted by Gasteiger charge is 2.27. The minimum Gasteiger partial charge on any atom is -0.312 e. The van der Waals surface area contributed by atoms with Crippen molar-refractivity contribution in [2.75, 3.05) is 11.4 Å². The van der Waals surface area contributed by atoms with Crippen LogP contribution in [0.5, 0.6) is 0 Å². The first-order valence-corrected chi connectivity index (χ1v) is 9.99. The average molecular weight is 381 g/mol. The second-order valence-corrected chi connectivity index (χ2v) is 7.91. The molecule has 0 saturated carbocycles. The zero-order chi connectivity index (χ0) is 20.0. The maximum Gasteiger partial charge on any atom is 0.332 e. The van der Waals surface area contributed by atoms with Crippen LogP contribution in [-0.2, 0) is 26.6 Å². The Balaban J connectivity index is 1.92. The number of aryl methyl sites for hydroxylation is 3. The van der Waals surface area contributed by atoms with Gasteiger partial charge in [0.2, 0.25) is 5.95 Å². The molecule has 3 heterocycles. The Morgan fingerprint density at radius 2 is 1.82 bits per heavy atom. The molecule has 0 N–H and O–H groups in total. The molecule has 28 heavy (non-hydrogen) atoms. The van der Waals surface area contributed by atoms with E-state index in [0.29, 0.717) is 17.7 Å². The molecule has 0 radical (unpaired) electrons. The number of hydrogen-bond acceptors (Lipinski definition) is 4. The zero-order valence-corrected chi connectivity index (χ0v) is 17.0. The summed E-state index contributed by atoms with van der Waals surface area (Å²) in [7, 11) is 1.69. The standard InChI is InChI=1S/C21H27N5O2/c1-5-15-7-9-16(10-8-15)24-11-6-12-25-17-18(22-20(24)25)23(4)21(28)26(19(17)27)13-14(2)3/h7-10,14H,5-6,11-13H2,1-4H3. The van der Waals surface area contributed by atoms with Crippen LogP contribution in [0.15, 0.2) is 33.9 Å². The van der Waals surface area contributed by atoms with E-state index in [9.17, 15) is 9.59 Å². The van der Waals surface area contributed by atoms with Gasteiger partial charge in [-0.25, -0.2) is 4.79 Å². The molecular weight excluding hydrogens is 354 g/mol. The smallest absolute Gasteiger partial charge is 0.312 e. The highest BCUT2D eigenvalue weighted by Crippen LogP contribution is 2.31. The van der Waals surface area contributed by atoms with Crippen molar-refractivity contribution in [2.24, 2.45) is 13.0 Å². The normalized spacial score (nSPS) is 14.1. The van der Waals surface area contributed by atoms with Gasteiger partial charge in [0.1, 0.15) is 0 Å². The number of anilines is 2. The lowest BCUT2D eigenvalue weighted by Crippen LogP contribution is -2.40. The Morgan fingerprint density at radius 1 is 1.11 bits per heavy atom. The molecule has 7 nitrogen and oxygen atoms in total. The Hall–Kier alpha value is -2.83. The van der Waals surface area contributed by atoms with E-state index in [1.165, 1.54) is 14.7 Å². The van der Waals surface area contributed by atoms with Crippen molar-refractivity contribution in [3.8, 4) is 0 Å². The third-order valence-corrected chi connectivity index (χ3v) is 5.42. The number of nitrogens with zero attached hydrogens (tertiary/aromatic N) is 5. The molecular formula is C21H27N5O2. The maximum atomic E-state index is 13.2. The van der Waals surface area contributed by atoms with E-state index in [0.717, 1.165) is 37.6 Å². The third-order valence-electron chi connectivity index (χ3n) is 5.42. The average Bonchev–Trinajstić information content (AvgIpc) is 3.09. The summed E-state index contributed by atoms with van der Waals surface area (Å²) in [6.45, 7) is 8.11. The summed E-state index contributed by atoms with van der Waals surface area (Å²) in [5.41, 5.74) is 2.78. The van der Waals surface area contributed by atoms with Crippen molar-refractivity contribution in [1.82, 2.24) is 18.7 Å². The van der Waals surface area contributed by atoms with E-state index in [1.54, 1.807) is 7.05 Å². The number of imidazole rings is 1. The molecule has 148 valence electrons. The molecule has 4 rings (SSSR count). The van der Waals surface area contributed by atoms with Gasteiger partial charge in [-0.2, -0.15) is 4.98 Å². The molecule has 2 aromatic heterocycles. The minimum atomic E-state index is -0.305. The van der Waals surface area contributed by atoms with Crippen LogP contribution in [0.25, 0.3) is 11.2 Å². The molecule has 1 aliphatic heterocycles. The molecule has 3 aromatic rings. The number of benzene rings is 1. The molecule has 0 bridgehead atoms. The van der Waals surface area contributed by atoms with Gasteiger partial charge >= 0.3 is 5.69 Å². The van der Waals surface area contributed by atoms with E-state index in [4.69, 9.17) is 4.98 Å². The van der Waals surface area contributed by atoms with Crippen molar-refractivity contribution < 1.29 is 0 Å². The Labute approximate surface area is 163 Å². The minimum absolute atomic E-state index is 0.208. The quantitative estimate of drug-likeness (QED) is 0.697. The molecule has 0 amide bonds. The molecule has 0 spiro atoms. The highest BCUT2D eigenvalue weighted by atomic mass is 16.2. The van der Waals surface area contributed by atoms with E-state index in [2.05, 4.69) is 36.1 Å². The molecule has 0 atom stereocenters. The molecule has 0 fully saturated rings. The van der Waals surface area contributed by atoms with Gasteiger partial charge in [-0.05, 0) is 36.5 Å². The van der Waals surface area contributed by atoms with Gasteiger partial charge < -0.3 is 9.47 Å². The maximum absolute atomic E-state index is 13.2. The Morgan fingerprint density at radius 3 is 2.46 bits per heavy atom. The number of hydrogen-bond donors (Lipinski definition) is 0. The summed E-state index contributed by atoms with van der Waals surface area (Å²) in [6.07, 6.45) is 1.91. The fourth-order valence-electron chi connectivity index (χ4n) is 3.95. The van der Waals surface area contributed by atoms with Crippen LogP contribution in [0.4, 0.5) is 11.6 Å². The van der Waals surface area contributed by atoms with Crippen LogP contribution >= 0.6 is 0 Å². The summed E-state index contributed by atoms with van der Waals surface area (Å²) < 4.78 is 4.82. The molecule has 1 aliphatic rings. The van der Waals surface area contributed by atoms with E-state index < -0.39 is 0 Å². The fourth-order valence-corrected chi connectivity index (χ4v) is 3.95. The zero-order valence-electron chi connectivity index (χ0n) is 17.0. The highest BCUT2D eigenvalue weighted by molar-refractivity contribution is 5.77. The van der Waals surface area contributed by atoms with Gasteiger partial charge in [0, 0.05) is 32.4 Å². The lowest BCUT2D eigenvalue weighted by molar-refractivity contribution is 0.483. The van der Waals surface area contributed by atoms with Crippen molar-refractivity contribution in [1.29, 1.82) is 0 Å². The Kier molecular flexibility index (Phi) is 4.61. The molecule has 1 aromatic carbocycles. The SMILES string of the molecule is CCc1ccc(N2CCCn3c2nc2c3c(=O)n(CC(C)C)c(=O)n2C)cc1. The van der Waals surface area contributed by atoms with Gasteiger partial charge in [0.05, 0.1) is 0 Å². The molecule has 0 unspecified atom stereocenters. The van der Waals surface area contributed by atoms with Gasteiger partial charge in [0.15, 0.2) is 11.2 Å². The molecule has 0 aliphatic carbocycles. The summed E-state index contributed by atoms with van der Waals surface area (Å²) in [5, 5.41) is 0. The van der Waals surface area contributed by atoms with Crippen molar-refractivity contribution >= 4 is 22.8 Å².